The van der Waals surface area contributed by atoms with Crippen LogP contribution in [0.25, 0.3) is 0 Å². The van der Waals surface area contributed by atoms with Crippen molar-refractivity contribution >= 4 is 15.7 Å². The molecule has 0 aliphatic carbocycles. The highest BCUT2D eigenvalue weighted by Gasteiger charge is 2.19. The molecule has 2 aromatic rings. The first-order chi connectivity index (χ1) is 9.92. The highest BCUT2D eigenvalue weighted by Crippen LogP contribution is 2.20. The van der Waals surface area contributed by atoms with Crippen molar-refractivity contribution in [3.05, 3.63) is 65.2 Å². The summed E-state index contributed by atoms with van der Waals surface area (Å²) in [6.45, 7) is 1.86. The average Bonchev–Trinajstić information content (AvgIpc) is 2.47. The molecule has 21 heavy (non-hydrogen) atoms. The van der Waals surface area contributed by atoms with E-state index in [-0.39, 0.29) is 12.4 Å². The molecule has 2 aromatic carbocycles. The van der Waals surface area contributed by atoms with Crippen LogP contribution in [0.3, 0.4) is 0 Å². The number of aliphatic hydroxyl groups excluding tert-OH is 1. The van der Waals surface area contributed by atoms with E-state index in [1.807, 2.05) is 19.1 Å². The fourth-order valence-electron chi connectivity index (χ4n) is 2.04. The van der Waals surface area contributed by atoms with Crippen molar-refractivity contribution in [1.82, 2.24) is 0 Å². The summed E-state index contributed by atoms with van der Waals surface area (Å²) in [5.74, 6) is -0.0920. The van der Waals surface area contributed by atoms with Gasteiger partial charge in [0.25, 0.3) is 0 Å². The summed E-state index contributed by atoms with van der Waals surface area (Å²) in [5, 5.41) is 9.11. The zero-order valence-corrected chi connectivity index (χ0v) is 13.0. The third kappa shape index (κ3) is 3.83. The summed E-state index contributed by atoms with van der Waals surface area (Å²) in [6, 6.07) is 14.3. The van der Waals surface area contributed by atoms with E-state index in [1.54, 1.807) is 43.4 Å². The topological polar surface area (TPSA) is 57.6 Å². The van der Waals surface area contributed by atoms with Gasteiger partial charge in [0.1, 0.15) is 0 Å². The van der Waals surface area contributed by atoms with Gasteiger partial charge in [-0.3, -0.25) is 4.31 Å². The van der Waals surface area contributed by atoms with E-state index in [4.69, 9.17) is 5.11 Å². The van der Waals surface area contributed by atoms with Crippen LogP contribution in [0.2, 0.25) is 0 Å². The van der Waals surface area contributed by atoms with Crippen LogP contribution in [0.15, 0.2) is 48.5 Å². The summed E-state index contributed by atoms with van der Waals surface area (Å²) >= 11 is 0. The Morgan fingerprint density at radius 1 is 1.05 bits per heavy atom. The van der Waals surface area contributed by atoms with Crippen LogP contribution in [0, 0.1) is 6.92 Å². The second-order valence-electron chi connectivity index (χ2n) is 5.04. The van der Waals surface area contributed by atoms with Crippen molar-refractivity contribution in [2.45, 2.75) is 19.3 Å². The Labute approximate surface area is 125 Å². The number of sulfonamides is 1. The third-order valence-electron chi connectivity index (χ3n) is 3.34. The summed E-state index contributed by atoms with van der Waals surface area (Å²) in [4.78, 5) is 0. The second-order valence-corrected chi connectivity index (χ2v) is 7.04. The van der Waals surface area contributed by atoms with Gasteiger partial charge in [-0.25, -0.2) is 8.42 Å². The summed E-state index contributed by atoms with van der Waals surface area (Å²) in [5.41, 5.74) is 3.10. The molecule has 0 unspecified atom stereocenters. The lowest BCUT2D eigenvalue weighted by atomic mass is 10.1. The van der Waals surface area contributed by atoms with Gasteiger partial charge in [0.15, 0.2) is 0 Å². The third-order valence-corrected chi connectivity index (χ3v) is 5.08. The molecule has 0 radical (unpaired) electrons. The number of aryl methyl sites for hydroxylation is 1. The zero-order chi connectivity index (χ0) is 15.5. The minimum atomic E-state index is -3.45. The van der Waals surface area contributed by atoms with Crippen molar-refractivity contribution < 1.29 is 13.5 Å². The van der Waals surface area contributed by atoms with Gasteiger partial charge in [-0.05, 0) is 30.2 Å². The lowest BCUT2D eigenvalue weighted by molar-refractivity contribution is 0.282. The number of hydrogen-bond acceptors (Lipinski definition) is 3. The largest absolute Gasteiger partial charge is 0.392 e. The quantitative estimate of drug-likeness (QED) is 0.923. The standard InChI is InChI=1S/C16H19NO3S/c1-13-6-8-16(9-7-13)17(2)21(19,20)12-15-5-3-4-14(10-15)11-18/h3-10,18H,11-12H2,1-2H3. The van der Waals surface area contributed by atoms with Gasteiger partial charge in [0.05, 0.1) is 18.0 Å². The lowest BCUT2D eigenvalue weighted by Crippen LogP contribution is -2.27. The fraction of sp³-hybridized carbons (Fsp3) is 0.250. The Bertz CT molecular complexity index is 709. The fourth-order valence-corrected chi connectivity index (χ4v) is 3.28. The number of hydrogen-bond donors (Lipinski definition) is 1. The molecule has 0 saturated carbocycles. The normalized spacial score (nSPS) is 11.4. The van der Waals surface area contributed by atoms with Crippen molar-refractivity contribution in [1.29, 1.82) is 0 Å². The molecule has 0 amide bonds. The van der Waals surface area contributed by atoms with Crippen molar-refractivity contribution in [3.63, 3.8) is 0 Å². The Morgan fingerprint density at radius 3 is 2.29 bits per heavy atom. The van der Waals surface area contributed by atoms with Gasteiger partial charge in [0.2, 0.25) is 10.0 Å². The number of rotatable bonds is 5. The molecule has 4 nitrogen and oxygen atoms in total. The van der Waals surface area contributed by atoms with Crippen molar-refractivity contribution in [2.75, 3.05) is 11.4 Å². The molecule has 0 aliphatic rings. The number of benzene rings is 2. The Balaban J connectivity index is 2.22. The maximum atomic E-state index is 12.4. The highest BCUT2D eigenvalue weighted by atomic mass is 32.2. The molecule has 0 spiro atoms. The van der Waals surface area contributed by atoms with Gasteiger partial charge in [-0.15, -0.1) is 0 Å². The molecule has 0 bridgehead atoms. The molecule has 1 N–H and O–H groups in total. The van der Waals surface area contributed by atoms with Crippen LogP contribution in [-0.4, -0.2) is 20.6 Å². The van der Waals surface area contributed by atoms with Gasteiger partial charge in [0, 0.05) is 7.05 Å². The summed E-state index contributed by atoms with van der Waals surface area (Å²) < 4.78 is 26.2. The molecule has 5 heteroatoms. The van der Waals surface area contributed by atoms with E-state index in [0.717, 1.165) is 5.56 Å². The molecule has 112 valence electrons. The van der Waals surface area contributed by atoms with E-state index in [2.05, 4.69) is 0 Å². The maximum absolute atomic E-state index is 12.4. The molecular formula is C16H19NO3S. The van der Waals surface area contributed by atoms with Crippen LogP contribution in [0.1, 0.15) is 16.7 Å². The smallest absolute Gasteiger partial charge is 0.239 e. The van der Waals surface area contributed by atoms with Crippen LogP contribution < -0.4 is 4.31 Å². The Morgan fingerprint density at radius 2 is 1.67 bits per heavy atom. The monoisotopic (exact) mass is 305 g/mol. The van der Waals surface area contributed by atoms with Gasteiger partial charge in [-0.2, -0.15) is 0 Å². The SMILES string of the molecule is Cc1ccc(N(C)S(=O)(=O)Cc2cccc(CO)c2)cc1. The predicted octanol–water partition coefficient (Wildman–Crippen LogP) is 2.45. The first-order valence-electron chi connectivity index (χ1n) is 6.64. The van der Waals surface area contributed by atoms with Gasteiger partial charge < -0.3 is 5.11 Å². The van der Waals surface area contributed by atoms with Crippen LogP contribution in [0.5, 0.6) is 0 Å². The molecule has 0 saturated heterocycles. The van der Waals surface area contributed by atoms with E-state index in [1.165, 1.54) is 4.31 Å². The molecule has 2 rings (SSSR count). The average molecular weight is 305 g/mol. The molecule has 0 heterocycles. The maximum Gasteiger partial charge on any atom is 0.239 e. The molecule has 0 aromatic heterocycles. The van der Waals surface area contributed by atoms with E-state index >= 15 is 0 Å². The first kappa shape index (κ1) is 15.5. The molecule has 0 fully saturated rings. The Hall–Kier alpha value is -1.85. The number of aliphatic hydroxyl groups is 1. The second kappa shape index (κ2) is 6.28. The molecule has 0 aliphatic heterocycles. The number of nitrogens with zero attached hydrogens (tertiary/aromatic N) is 1. The van der Waals surface area contributed by atoms with Crippen LogP contribution >= 0.6 is 0 Å². The minimum Gasteiger partial charge on any atom is -0.392 e. The predicted molar refractivity (Wildman–Crippen MR) is 84.6 cm³/mol. The van der Waals surface area contributed by atoms with Crippen molar-refractivity contribution in [2.24, 2.45) is 0 Å². The summed E-state index contributed by atoms with van der Waals surface area (Å²) in [6.07, 6.45) is 0. The van der Waals surface area contributed by atoms with Crippen LogP contribution in [0.4, 0.5) is 5.69 Å². The summed E-state index contributed by atoms with van der Waals surface area (Å²) in [7, 11) is -1.90. The molecular weight excluding hydrogens is 286 g/mol. The zero-order valence-electron chi connectivity index (χ0n) is 12.2. The molecule has 0 atom stereocenters. The minimum absolute atomic E-state index is 0.0920. The highest BCUT2D eigenvalue weighted by molar-refractivity contribution is 7.92. The Kier molecular flexibility index (Phi) is 4.65. The van der Waals surface area contributed by atoms with E-state index in [9.17, 15) is 8.42 Å². The van der Waals surface area contributed by atoms with E-state index < -0.39 is 10.0 Å². The van der Waals surface area contributed by atoms with E-state index in [0.29, 0.717) is 16.8 Å². The van der Waals surface area contributed by atoms with Crippen molar-refractivity contribution in [3.8, 4) is 0 Å². The number of anilines is 1. The lowest BCUT2D eigenvalue weighted by Gasteiger charge is -2.19. The van der Waals surface area contributed by atoms with Crippen LogP contribution in [-0.2, 0) is 22.4 Å². The van der Waals surface area contributed by atoms with Gasteiger partial charge >= 0.3 is 0 Å². The first-order valence-corrected chi connectivity index (χ1v) is 8.25. The van der Waals surface area contributed by atoms with Gasteiger partial charge in [-0.1, -0.05) is 42.0 Å².